The van der Waals surface area contributed by atoms with Gasteiger partial charge in [0.15, 0.2) is 0 Å². The number of aromatic nitrogens is 4. The predicted molar refractivity (Wildman–Crippen MR) is 77.9 cm³/mol. The first kappa shape index (κ1) is 15.7. The lowest BCUT2D eigenvalue weighted by molar-refractivity contribution is -0.389. The first-order valence-electron chi connectivity index (χ1n) is 6.93. The van der Waals surface area contributed by atoms with Crippen molar-refractivity contribution in [2.75, 3.05) is 7.05 Å². The van der Waals surface area contributed by atoms with E-state index in [-0.39, 0.29) is 18.1 Å². The highest BCUT2D eigenvalue weighted by Gasteiger charge is 2.14. The van der Waals surface area contributed by atoms with E-state index < -0.39 is 4.92 Å². The molecule has 22 heavy (non-hydrogen) atoms. The fourth-order valence-corrected chi connectivity index (χ4v) is 1.97. The number of hydrogen-bond acceptors (Lipinski definition) is 5. The van der Waals surface area contributed by atoms with Gasteiger partial charge in [-0.25, -0.2) is 0 Å². The summed E-state index contributed by atoms with van der Waals surface area (Å²) in [6.45, 7) is 3.52. The Morgan fingerprint density at radius 2 is 2.05 bits per heavy atom. The van der Waals surface area contributed by atoms with Gasteiger partial charge in [-0.3, -0.25) is 9.48 Å². The molecule has 0 bridgehead atoms. The van der Waals surface area contributed by atoms with Crippen molar-refractivity contribution < 1.29 is 9.72 Å². The average Bonchev–Trinajstić information content (AvgIpc) is 3.13. The Morgan fingerprint density at radius 3 is 2.64 bits per heavy atom. The third kappa shape index (κ3) is 3.90. The van der Waals surface area contributed by atoms with Gasteiger partial charge in [0.1, 0.15) is 0 Å². The molecule has 0 saturated heterocycles. The van der Waals surface area contributed by atoms with Crippen LogP contribution in [-0.4, -0.2) is 42.3 Å². The van der Waals surface area contributed by atoms with Crippen molar-refractivity contribution in [2.24, 2.45) is 0 Å². The molecule has 9 heteroatoms. The first-order valence-corrected chi connectivity index (χ1v) is 6.93. The standard InChI is InChI=1S/C13H18N6O3/c1-3-17-7-4-11(14-17)10-16(2)13(20)6-9-18-8-5-12(15-18)19(21)22/h4-5,7-8H,3,6,9-10H2,1-2H3. The van der Waals surface area contributed by atoms with Crippen LogP contribution < -0.4 is 0 Å². The lowest BCUT2D eigenvalue weighted by Gasteiger charge is -2.15. The molecule has 0 radical (unpaired) electrons. The topological polar surface area (TPSA) is 99.1 Å². The summed E-state index contributed by atoms with van der Waals surface area (Å²) in [6, 6.07) is 3.19. The Labute approximate surface area is 127 Å². The van der Waals surface area contributed by atoms with Gasteiger partial charge in [-0.05, 0) is 17.9 Å². The molecule has 2 aromatic rings. The van der Waals surface area contributed by atoms with Crippen molar-refractivity contribution in [3.05, 3.63) is 40.3 Å². The molecule has 0 N–H and O–H groups in total. The lowest BCUT2D eigenvalue weighted by atomic mass is 10.3. The van der Waals surface area contributed by atoms with E-state index >= 15 is 0 Å². The summed E-state index contributed by atoms with van der Waals surface area (Å²) in [5, 5.41) is 18.6. The van der Waals surface area contributed by atoms with Crippen LogP contribution in [0.25, 0.3) is 0 Å². The molecule has 0 unspecified atom stereocenters. The van der Waals surface area contributed by atoms with Gasteiger partial charge in [0.05, 0.1) is 36.1 Å². The van der Waals surface area contributed by atoms with E-state index in [0.29, 0.717) is 13.1 Å². The summed E-state index contributed by atoms with van der Waals surface area (Å²) < 4.78 is 3.20. The third-order valence-corrected chi connectivity index (χ3v) is 3.21. The second-order valence-electron chi connectivity index (χ2n) is 4.86. The van der Waals surface area contributed by atoms with Crippen LogP contribution >= 0.6 is 0 Å². The van der Waals surface area contributed by atoms with Crippen molar-refractivity contribution in [3.63, 3.8) is 0 Å². The smallest absolute Gasteiger partial charge is 0.358 e. The molecule has 0 aromatic carbocycles. The van der Waals surface area contributed by atoms with Crippen LogP contribution in [0.3, 0.4) is 0 Å². The van der Waals surface area contributed by atoms with E-state index in [1.54, 1.807) is 16.6 Å². The Hall–Kier alpha value is -2.71. The van der Waals surface area contributed by atoms with Crippen molar-refractivity contribution in [1.29, 1.82) is 0 Å². The Bertz CT molecular complexity index is 662. The normalized spacial score (nSPS) is 10.6. The van der Waals surface area contributed by atoms with Crippen LogP contribution in [0.5, 0.6) is 0 Å². The van der Waals surface area contributed by atoms with Gasteiger partial charge >= 0.3 is 5.82 Å². The zero-order valence-electron chi connectivity index (χ0n) is 12.5. The fourth-order valence-electron chi connectivity index (χ4n) is 1.97. The van der Waals surface area contributed by atoms with Crippen LogP contribution in [0.15, 0.2) is 24.5 Å². The summed E-state index contributed by atoms with van der Waals surface area (Å²) in [7, 11) is 1.71. The molecule has 0 aliphatic carbocycles. The number of hydrogen-bond donors (Lipinski definition) is 0. The maximum absolute atomic E-state index is 12.1. The summed E-state index contributed by atoms with van der Waals surface area (Å²) in [5.41, 5.74) is 0.826. The quantitative estimate of drug-likeness (QED) is 0.562. The number of nitro groups is 1. The molecule has 0 aliphatic rings. The van der Waals surface area contributed by atoms with Crippen LogP contribution in [-0.2, 0) is 24.4 Å². The Kier molecular flexibility index (Phi) is 4.87. The Balaban J connectivity index is 1.84. The van der Waals surface area contributed by atoms with Gasteiger partial charge in [-0.1, -0.05) is 0 Å². The van der Waals surface area contributed by atoms with Crippen molar-refractivity contribution in [2.45, 2.75) is 33.0 Å². The van der Waals surface area contributed by atoms with E-state index in [4.69, 9.17) is 0 Å². The maximum Gasteiger partial charge on any atom is 0.389 e. The molecular formula is C13H18N6O3. The first-order chi connectivity index (χ1) is 10.5. The molecule has 9 nitrogen and oxygen atoms in total. The summed E-state index contributed by atoms with van der Waals surface area (Å²) in [4.78, 5) is 23.6. The number of aryl methyl sites for hydroxylation is 2. The van der Waals surface area contributed by atoms with Gasteiger partial charge in [0, 0.05) is 26.2 Å². The van der Waals surface area contributed by atoms with Crippen LogP contribution in [0.2, 0.25) is 0 Å². The second-order valence-corrected chi connectivity index (χ2v) is 4.86. The minimum atomic E-state index is -0.561. The van der Waals surface area contributed by atoms with Crippen molar-refractivity contribution in [1.82, 2.24) is 24.5 Å². The summed E-state index contributed by atoms with van der Waals surface area (Å²) in [6.07, 6.45) is 3.59. The fraction of sp³-hybridized carbons (Fsp3) is 0.462. The molecule has 1 amide bonds. The molecule has 2 aromatic heterocycles. The van der Waals surface area contributed by atoms with Crippen LogP contribution in [0.1, 0.15) is 19.0 Å². The molecule has 118 valence electrons. The number of nitrogens with zero attached hydrogens (tertiary/aromatic N) is 6. The molecule has 0 spiro atoms. The van der Waals surface area contributed by atoms with E-state index in [1.807, 2.05) is 19.2 Å². The number of carbonyl (C=O) groups is 1. The average molecular weight is 306 g/mol. The second kappa shape index (κ2) is 6.83. The zero-order chi connectivity index (χ0) is 16.1. The van der Waals surface area contributed by atoms with E-state index in [1.165, 1.54) is 16.9 Å². The van der Waals surface area contributed by atoms with Gasteiger partial charge in [0.2, 0.25) is 5.91 Å². The largest absolute Gasteiger partial charge is 0.389 e. The minimum Gasteiger partial charge on any atom is -0.358 e. The van der Waals surface area contributed by atoms with Crippen molar-refractivity contribution in [3.8, 4) is 0 Å². The monoisotopic (exact) mass is 306 g/mol. The molecule has 2 rings (SSSR count). The molecule has 0 fully saturated rings. The van der Waals surface area contributed by atoms with Gasteiger partial charge in [0.25, 0.3) is 0 Å². The Morgan fingerprint density at radius 1 is 1.32 bits per heavy atom. The molecule has 0 atom stereocenters. The van der Waals surface area contributed by atoms with E-state index in [2.05, 4.69) is 10.2 Å². The SMILES string of the molecule is CCn1ccc(CN(C)C(=O)CCn2ccc([N+](=O)[O-])n2)n1. The van der Waals surface area contributed by atoms with Crippen LogP contribution in [0, 0.1) is 10.1 Å². The van der Waals surface area contributed by atoms with Gasteiger partial charge < -0.3 is 15.0 Å². The highest BCUT2D eigenvalue weighted by molar-refractivity contribution is 5.75. The number of rotatable bonds is 7. The lowest BCUT2D eigenvalue weighted by Crippen LogP contribution is -2.27. The minimum absolute atomic E-state index is 0.0656. The molecular weight excluding hydrogens is 288 g/mol. The highest BCUT2D eigenvalue weighted by Crippen LogP contribution is 2.07. The van der Waals surface area contributed by atoms with E-state index in [0.717, 1.165) is 12.2 Å². The van der Waals surface area contributed by atoms with Gasteiger partial charge in [-0.15, -0.1) is 0 Å². The third-order valence-electron chi connectivity index (χ3n) is 3.21. The highest BCUT2D eigenvalue weighted by atomic mass is 16.6. The molecule has 0 saturated carbocycles. The number of carbonyl (C=O) groups excluding carboxylic acids is 1. The van der Waals surface area contributed by atoms with Crippen molar-refractivity contribution >= 4 is 11.7 Å². The summed E-state index contributed by atoms with van der Waals surface area (Å²) in [5.74, 6) is -0.282. The summed E-state index contributed by atoms with van der Waals surface area (Å²) >= 11 is 0. The predicted octanol–water partition coefficient (Wildman–Crippen LogP) is 1.06. The van der Waals surface area contributed by atoms with E-state index in [9.17, 15) is 14.9 Å². The number of amides is 1. The zero-order valence-corrected chi connectivity index (χ0v) is 12.5. The molecule has 2 heterocycles. The van der Waals surface area contributed by atoms with Gasteiger partial charge in [-0.2, -0.15) is 9.78 Å². The molecule has 0 aliphatic heterocycles. The maximum atomic E-state index is 12.1. The van der Waals surface area contributed by atoms with Crippen LogP contribution in [0.4, 0.5) is 5.82 Å².